The highest BCUT2D eigenvalue weighted by Gasteiger charge is 2.13. The minimum atomic E-state index is 0.0213. The fraction of sp³-hybridized carbons (Fsp3) is 0.0800. The predicted octanol–water partition coefficient (Wildman–Crippen LogP) is 4.34. The zero-order valence-electron chi connectivity index (χ0n) is 17.2. The number of rotatable bonds is 7. The highest BCUT2D eigenvalue weighted by Crippen LogP contribution is 2.27. The van der Waals surface area contributed by atoms with Gasteiger partial charge in [-0.05, 0) is 47.5 Å². The van der Waals surface area contributed by atoms with Crippen molar-refractivity contribution >= 4 is 11.8 Å². The van der Waals surface area contributed by atoms with Crippen molar-refractivity contribution < 1.29 is 9.47 Å². The Morgan fingerprint density at radius 2 is 1.28 bits per heavy atom. The first-order valence-corrected chi connectivity index (χ1v) is 9.94. The zero-order chi connectivity index (χ0) is 22.3. The summed E-state index contributed by atoms with van der Waals surface area (Å²) in [6, 6.07) is 27.1. The van der Waals surface area contributed by atoms with E-state index in [-0.39, 0.29) is 17.3 Å². The lowest BCUT2D eigenvalue weighted by atomic mass is 10.1. The number of aromatic nitrogens is 2. The maximum atomic E-state index is 9.34. The number of benzene rings is 3. The van der Waals surface area contributed by atoms with E-state index in [1.807, 2.05) is 72.8 Å². The third-order valence-corrected chi connectivity index (χ3v) is 4.77. The highest BCUT2D eigenvalue weighted by molar-refractivity contribution is 5.73. The van der Waals surface area contributed by atoms with Gasteiger partial charge in [-0.1, -0.05) is 42.5 Å². The van der Waals surface area contributed by atoms with E-state index in [0.717, 1.165) is 16.9 Å². The molecular formula is C25H21N5O2. The van der Waals surface area contributed by atoms with Crippen LogP contribution in [0.3, 0.4) is 0 Å². The number of anilines is 2. The Bertz CT molecular complexity index is 1230. The van der Waals surface area contributed by atoms with E-state index in [9.17, 15) is 5.26 Å². The summed E-state index contributed by atoms with van der Waals surface area (Å²) in [5.41, 5.74) is 14.9. The van der Waals surface area contributed by atoms with Crippen LogP contribution in [0, 0.1) is 11.3 Å². The molecule has 1 heterocycles. The maximum absolute atomic E-state index is 9.34. The van der Waals surface area contributed by atoms with Crippen LogP contribution in [0.15, 0.2) is 78.9 Å². The third-order valence-electron chi connectivity index (χ3n) is 4.77. The molecule has 0 spiro atoms. The molecule has 0 atom stereocenters. The summed E-state index contributed by atoms with van der Waals surface area (Å²) in [5, 5.41) is 9.34. The monoisotopic (exact) mass is 423 g/mol. The number of nitrogens with two attached hydrogens (primary N) is 2. The van der Waals surface area contributed by atoms with Gasteiger partial charge in [0.05, 0.1) is 5.69 Å². The second-order valence-electron chi connectivity index (χ2n) is 7.03. The molecule has 158 valence electrons. The second kappa shape index (κ2) is 9.49. The van der Waals surface area contributed by atoms with Gasteiger partial charge in [0.1, 0.15) is 42.2 Å². The summed E-state index contributed by atoms with van der Waals surface area (Å²) >= 11 is 0. The van der Waals surface area contributed by atoms with Crippen LogP contribution >= 0.6 is 0 Å². The fourth-order valence-corrected chi connectivity index (χ4v) is 3.11. The topological polar surface area (TPSA) is 120 Å². The van der Waals surface area contributed by atoms with Crippen molar-refractivity contribution in [2.24, 2.45) is 0 Å². The van der Waals surface area contributed by atoms with Crippen molar-refractivity contribution in [2.45, 2.75) is 13.2 Å². The molecule has 7 nitrogen and oxygen atoms in total. The number of nitrogens with zero attached hydrogens (tertiary/aromatic N) is 3. The molecule has 1 aromatic heterocycles. The first-order chi connectivity index (χ1) is 15.6. The molecule has 7 heteroatoms. The molecule has 0 saturated carbocycles. The Morgan fingerprint density at radius 3 is 1.88 bits per heavy atom. The van der Waals surface area contributed by atoms with Gasteiger partial charge in [-0.25, -0.2) is 4.98 Å². The molecule has 0 bridgehead atoms. The Balaban J connectivity index is 1.36. The quantitative estimate of drug-likeness (QED) is 0.454. The summed E-state index contributed by atoms with van der Waals surface area (Å²) < 4.78 is 11.7. The lowest BCUT2D eigenvalue weighted by molar-refractivity contribution is 0.301. The summed E-state index contributed by atoms with van der Waals surface area (Å²) in [5.74, 6) is 1.57. The van der Waals surface area contributed by atoms with Crippen molar-refractivity contribution in [3.05, 3.63) is 95.6 Å². The summed E-state index contributed by atoms with van der Waals surface area (Å²) in [6.07, 6.45) is 0. The van der Waals surface area contributed by atoms with Crippen molar-refractivity contribution in [3.8, 4) is 28.8 Å². The molecule has 0 radical (unpaired) electrons. The van der Waals surface area contributed by atoms with E-state index in [1.165, 1.54) is 0 Å². The SMILES string of the molecule is N#Cc1c(N)nc(N)nc1-c1ccc(OCc2ccc(OCc3ccccc3)cc2)cc1. The number of hydrogen-bond donors (Lipinski definition) is 2. The second-order valence-corrected chi connectivity index (χ2v) is 7.03. The molecule has 4 aromatic rings. The highest BCUT2D eigenvalue weighted by atomic mass is 16.5. The van der Waals surface area contributed by atoms with Crippen molar-refractivity contribution in [1.29, 1.82) is 5.26 Å². The normalized spacial score (nSPS) is 10.3. The molecule has 32 heavy (non-hydrogen) atoms. The number of nitrogen functional groups attached to an aromatic ring is 2. The van der Waals surface area contributed by atoms with Crippen LogP contribution in [0.5, 0.6) is 11.5 Å². The van der Waals surface area contributed by atoms with Crippen LogP contribution in [0.2, 0.25) is 0 Å². The standard InChI is InChI=1S/C25H21N5O2/c26-14-22-23(29-25(28)30-24(22)27)19-8-12-21(13-9-19)32-16-18-6-10-20(11-7-18)31-15-17-4-2-1-3-5-17/h1-13H,15-16H2,(H4,27,28,29,30). The molecule has 0 aliphatic heterocycles. The van der Waals surface area contributed by atoms with E-state index < -0.39 is 0 Å². The smallest absolute Gasteiger partial charge is 0.222 e. The molecule has 0 aliphatic rings. The fourth-order valence-electron chi connectivity index (χ4n) is 3.11. The van der Waals surface area contributed by atoms with Gasteiger partial charge in [-0.3, -0.25) is 0 Å². The van der Waals surface area contributed by atoms with E-state index >= 15 is 0 Å². The van der Waals surface area contributed by atoms with Gasteiger partial charge < -0.3 is 20.9 Å². The van der Waals surface area contributed by atoms with Crippen molar-refractivity contribution in [3.63, 3.8) is 0 Å². The van der Waals surface area contributed by atoms with Gasteiger partial charge in [-0.15, -0.1) is 0 Å². The molecule has 0 fully saturated rings. The molecular weight excluding hydrogens is 402 g/mol. The van der Waals surface area contributed by atoms with Crippen molar-refractivity contribution in [2.75, 3.05) is 11.5 Å². The third kappa shape index (κ3) is 4.94. The number of hydrogen-bond acceptors (Lipinski definition) is 7. The Hall–Kier alpha value is -4.57. The maximum Gasteiger partial charge on any atom is 0.222 e. The number of ether oxygens (including phenoxy) is 2. The minimum Gasteiger partial charge on any atom is -0.489 e. The van der Waals surface area contributed by atoms with Crippen LogP contribution in [0.25, 0.3) is 11.3 Å². The van der Waals surface area contributed by atoms with Crippen LogP contribution < -0.4 is 20.9 Å². The minimum absolute atomic E-state index is 0.0213. The van der Waals surface area contributed by atoms with Gasteiger partial charge in [0, 0.05) is 5.56 Å². The zero-order valence-corrected chi connectivity index (χ0v) is 17.2. The van der Waals surface area contributed by atoms with Gasteiger partial charge in [0.25, 0.3) is 0 Å². The molecule has 0 amide bonds. The van der Waals surface area contributed by atoms with Crippen LogP contribution in [-0.4, -0.2) is 9.97 Å². The molecule has 4 N–H and O–H groups in total. The van der Waals surface area contributed by atoms with Gasteiger partial charge in [0.2, 0.25) is 5.95 Å². The summed E-state index contributed by atoms with van der Waals surface area (Å²) in [4.78, 5) is 7.98. The van der Waals surface area contributed by atoms with E-state index in [0.29, 0.717) is 30.2 Å². The van der Waals surface area contributed by atoms with E-state index in [1.54, 1.807) is 12.1 Å². The van der Waals surface area contributed by atoms with E-state index in [2.05, 4.69) is 9.97 Å². The summed E-state index contributed by atoms with van der Waals surface area (Å²) in [7, 11) is 0. The molecule has 0 saturated heterocycles. The van der Waals surface area contributed by atoms with Crippen molar-refractivity contribution in [1.82, 2.24) is 9.97 Å². The molecule has 3 aromatic carbocycles. The Kier molecular flexibility index (Phi) is 6.14. The largest absolute Gasteiger partial charge is 0.489 e. The van der Waals surface area contributed by atoms with Crippen LogP contribution in [-0.2, 0) is 13.2 Å². The predicted molar refractivity (Wildman–Crippen MR) is 123 cm³/mol. The molecule has 0 unspecified atom stereocenters. The van der Waals surface area contributed by atoms with Gasteiger partial charge in [0.15, 0.2) is 0 Å². The van der Waals surface area contributed by atoms with Gasteiger partial charge in [-0.2, -0.15) is 10.2 Å². The first kappa shape index (κ1) is 20.7. The first-order valence-electron chi connectivity index (χ1n) is 9.94. The van der Waals surface area contributed by atoms with Crippen LogP contribution in [0.4, 0.5) is 11.8 Å². The molecule has 4 rings (SSSR count). The summed E-state index contributed by atoms with van der Waals surface area (Å²) in [6.45, 7) is 0.940. The Labute approximate surface area is 185 Å². The van der Waals surface area contributed by atoms with Crippen LogP contribution in [0.1, 0.15) is 16.7 Å². The molecule has 0 aliphatic carbocycles. The van der Waals surface area contributed by atoms with E-state index in [4.69, 9.17) is 20.9 Å². The Morgan fingerprint density at radius 1 is 0.719 bits per heavy atom. The van der Waals surface area contributed by atoms with Gasteiger partial charge >= 0.3 is 0 Å². The lowest BCUT2D eigenvalue weighted by Crippen LogP contribution is -2.05. The average molecular weight is 423 g/mol. The lowest BCUT2D eigenvalue weighted by Gasteiger charge is -2.10. The average Bonchev–Trinajstić information content (AvgIpc) is 2.83. The number of nitriles is 1.